The maximum atomic E-state index is 13.4. The molecule has 0 radical (unpaired) electrons. The summed E-state index contributed by atoms with van der Waals surface area (Å²) in [7, 11) is 0. The highest BCUT2D eigenvalue weighted by Crippen LogP contribution is 2.44. The van der Waals surface area contributed by atoms with Gasteiger partial charge in [0.25, 0.3) is 11.4 Å². The number of non-ortho nitro benzene ring substituents is 2. The second-order valence-electron chi connectivity index (χ2n) is 12.3. The van der Waals surface area contributed by atoms with Crippen LogP contribution in [0.1, 0.15) is 22.3 Å². The normalized spacial score (nSPS) is 14.3. The van der Waals surface area contributed by atoms with E-state index in [4.69, 9.17) is 0 Å². The van der Waals surface area contributed by atoms with E-state index in [1.54, 1.807) is 60.7 Å². The maximum Gasteiger partial charge on any atom is 0.423 e. The molecule has 2 heterocycles. The Morgan fingerprint density at radius 3 is 1.17 bits per heavy atom. The van der Waals surface area contributed by atoms with Gasteiger partial charge in [-0.2, -0.15) is 26.3 Å². The van der Waals surface area contributed by atoms with Gasteiger partial charge in [-0.1, -0.05) is 60.7 Å². The van der Waals surface area contributed by atoms with Gasteiger partial charge in [0.15, 0.2) is 0 Å². The van der Waals surface area contributed by atoms with Gasteiger partial charge < -0.3 is 29.6 Å². The van der Waals surface area contributed by atoms with E-state index in [1.165, 1.54) is 9.13 Å². The van der Waals surface area contributed by atoms with Crippen LogP contribution in [-0.2, 0) is 24.3 Å². The van der Waals surface area contributed by atoms with E-state index in [1.807, 2.05) is 0 Å². The number of hydrogen-bond acceptors (Lipinski definition) is 8. The van der Waals surface area contributed by atoms with Crippen LogP contribution in [-0.4, -0.2) is 65.0 Å². The highest BCUT2D eigenvalue weighted by Gasteiger charge is 2.57. The minimum atomic E-state index is -5.13. The molecule has 4 N–H and O–H groups in total. The number of hydrogen-bond donors (Lipinski definition) is 4. The highest BCUT2D eigenvalue weighted by atomic mass is 19.4. The first kappa shape index (κ1) is 39.4. The Morgan fingerprint density at radius 2 is 0.889 bits per heavy atom. The first-order valence-corrected chi connectivity index (χ1v) is 15.8. The van der Waals surface area contributed by atoms with Crippen LogP contribution in [0.4, 0.5) is 37.7 Å². The zero-order valence-electron chi connectivity index (χ0n) is 27.7. The average Bonchev–Trinajstić information content (AvgIpc) is 3.68. The lowest BCUT2D eigenvalue weighted by Gasteiger charge is -2.28. The zero-order valence-corrected chi connectivity index (χ0v) is 27.7. The number of rotatable bonds is 10. The second-order valence-corrected chi connectivity index (χ2v) is 12.3. The molecule has 0 spiro atoms. The molecule has 6 aromatic rings. The fourth-order valence-electron chi connectivity index (χ4n) is 5.92. The summed E-state index contributed by atoms with van der Waals surface area (Å²) in [6.07, 6.45) is -8.11. The largest absolute Gasteiger partial charge is 0.423 e. The molecular weight excluding hydrogens is 730 g/mol. The SMILES string of the molecule is O=[N+]([O-])c1ccc2c(C(O)(CO)C(F)(F)F)cn(Cc3ccccc3)c2c1.O=[N+]([O-])c1ccc2c(C(O)(CO)C(F)(F)F)cn(Cc3ccccc3)c2c1. The van der Waals surface area contributed by atoms with Gasteiger partial charge in [-0.3, -0.25) is 20.2 Å². The summed E-state index contributed by atoms with van der Waals surface area (Å²) in [4.78, 5) is 20.8. The van der Waals surface area contributed by atoms with Crippen LogP contribution in [0.25, 0.3) is 21.8 Å². The van der Waals surface area contributed by atoms with Gasteiger partial charge in [0.05, 0.1) is 34.1 Å². The fraction of sp³-hybridized carbons (Fsp3) is 0.222. The van der Waals surface area contributed by atoms with Crippen LogP contribution in [0.3, 0.4) is 0 Å². The second kappa shape index (κ2) is 14.9. The Hall–Kier alpha value is -5.82. The van der Waals surface area contributed by atoms with Gasteiger partial charge in [-0.05, 0) is 23.3 Å². The van der Waals surface area contributed by atoms with Crippen molar-refractivity contribution in [2.24, 2.45) is 0 Å². The zero-order chi connectivity index (χ0) is 39.6. The van der Waals surface area contributed by atoms with Crippen LogP contribution in [0.2, 0.25) is 0 Å². The molecule has 0 bridgehead atoms. The summed E-state index contributed by atoms with van der Waals surface area (Å²) < 4.78 is 83.4. The molecule has 4 aromatic carbocycles. The third-order valence-corrected chi connectivity index (χ3v) is 8.83. The van der Waals surface area contributed by atoms with E-state index in [-0.39, 0.29) is 46.3 Å². The Kier molecular flexibility index (Phi) is 10.9. The Labute approximate surface area is 300 Å². The van der Waals surface area contributed by atoms with Gasteiger partial charge in [0, 0.05) is 71.6 Å². The van der Waals surface area contributed by atoms with E-state index in [9.17, 15) is 67.0 Å². The van der Waals surface area contributed by atoms with Crippen molar-refractivity contribution in [3.63, 3.8) is 0 Å². The van der Waals surface area contributed by atoms with Gasteiger partial charge in [-0.15, -0.1) is 0 Å². The lowest BCUT2D eigenvalue weighted by atomic mass is 9.93. The number of aliphatic hydroxyl groups is 4. The molecular formula is C36H30F6N4O8. The minimum absolute atomic E-state index is 0.0228. The number of alkyl halides is 6. The van der Waals surface area contributed by atoms with Gasteiger partial charge in [0.1, 0.15) is 0 Å². The number of halogens is 6. The molecule has 54 heavy (non-hydrogen) atoms. The van der Waals surface area contributed by atoms with E-state index in [0.717, 1.165) is 59.9 Å². The summed E-state index contributed by atoms with van der Waals surface area (Å²) in [6, 6.07) is 24.3. The first-order valence-electron chi connectivity index (χ1n) is 15.8. The van der Waals surface area contributed by atoms with E-state index in [2.05, 4.69) is 0 Å². The smallest absolute Gasteiger partial charge is 0.393 e. The van der Waals surface area contributed by atoms with Crippen molar-refractivity contribution >= 4 is 33.2 Å². The van der Waals surface area contributed by atoms with Crippen molar-refractivity contribution in [3.8, 4) is 0 Å². The fourth-order valence-corrected chi connectivity index (χ4v) is 5.92. The predicted molar refractivity (Wildman–Crippen MR) is 182 cm³/mol. The van der Waals surface area contributed by atoms with Crippen molar-refractivity contribution in [1.82, 2.24) is 9.13 Å². The molecule has 6 rings (SSSR count). The lowest BCUT2D eigenvalue weighted by Crippen LogP contribution is -2.45. The summed E-state index contributed by atoms with van der Waals surface area (Å²) in [6.45, 7) is -2.87. The van der Waals surface area contributed by atoms with Crippen molar-refractivity contribution in [2.75, 3.05) is 13.2 Å². The van der Waals surface area contributed by atoms with E-state index < -0.39 is 57.7 Å². The number of benzene rings is 4. The highest BCUT2D eigenvalue weighted by molar-refractivity contribution is 5.88. The summed E-state index contributed by atoms with van der Waals surface area (Å²) >= 11 is 0. The van der Waals surface area contributed by atoms with Crippen molar-refractivity contribution in [2.45, 2.75) is 36.6 Å². The average molecular weight is 761 g/mol. The van der Waals surface area contributed by atoms with Crippen LogP contribution >= 0.6 is 0 Å². The third-order valence-electron chi connectivity index (χ3n) is 8.83. The van der Waals surface area contributed by atoms with E-state index >= 15 is 0 Å². The van der Waals surface area contributed by atoms with Crippen LogP contribution in [0.15, 0.2) is 109 Å². The lowest BCUT2D eigenvalue weighted by molar-refractivity contribution is -0.384. The Balaban J connectivity index is 0.000000208. The predicted octanol–water partition coefficient (Wildman–Crippen LogP) is 6.68. The number of fused-ring (bicyclic) bond motifs is 2. The van der Waals surface area contributed by atoms with Gasteiger partial charge >= 0.3 is 12.4 Å². The Bertz CT molecular complexity index is 2130. The number of nitro groups is 2. The van der Waals surface area contributed by atoms with Crippen molar-refractivity contribution < 1.29 is 56.6 Å². The van der Waals surface area contributed by atoms with Crippen molar-refractivity contribution in [1.29, 1.82) is 0 Å². The van der Waals surface area contributed by atoms with Crippen LogP contribution in [0.5, 0.6) is 0 Å². The monoisotopic (exact) mass is 760 g/mol. The summed E-state index contributed by atoms with van der Waals surface area (Å²) in [5.74, 6) is 0. The molecule has 18 heteroatoms. The maximum absolute atomic E-state index is 13.4. The number of nitrogens with zero attached hydrogens (tertiary/aromatic N) is 4. The van der Waals surface area contributed by atoms with Crippen LogP contribution in [0, 0.1) is 20.2 Å². The molecule has 0 amide bonds. The Morgan fingerprint density at radius 1 is 0.556 bits per heavy atom. The molecule has 0 saturated heterocycles. The van der Waals surface area contributed by atoms with Gasteiger partial charge in [-0.25, -0.2) is 0 Å². The molecule has 2 unspecified atom stereocenters. The quantitative estimate of drug-likeness (QED) is 0.0679. The van der Waals surface area contributed by atoms with Crippen LogP contribution < -0.4 is 0 Å². The summed E-state index contributed by atoms with van der Waals surface area (Å²) in [5.41, 5.74) is -6.84. The molecule has 0 saturated carbocycles. The summed E-state index contributed by atoms with van der Waals surface area (Å²) in [5, 5.41) is 61.0. The number of aromatic nitrogens is 2. The van der Waals surface area contributed by atoms with E-state index in [0.29, 0.717) is 0 Å². The minimum Gasteiger partial charge on any atom is -0.393 e. The molecule has 0 aliphatic heterocycles. The van der Waals surface area contributed by atoms with Gasteiger partial charge in [0.2, 0.25) is 11.2 Å². The standard InChI is InChI=1S/2C18H15F3N2O4/c2*19-18(20,21)17(25,11-24)15-10-22(9-12-4-2-1-3-5-12)16-8-13(23(26)27)6-7-14(15)16/h2*1-8,10,24-25H,9,11H2. The van der Waals surface area contributed by atoms with Crippen molar-refractivity contribution in [3.05, 3.63) is 152 Å². The first-order chi connectivity index (χ1) is 25.3. The topological polar surface area (TPSA) is 177 Å². The molecule has 2 atom stereocenters. The number of nitro benzene ring substituents is 2. The molecule has 2 aromatic heterocycles. The number of aliphatic hydroxyl groups excluding tert-OH is 2. The molecule has 0 aliphatic rings. The molecule has 284 valence electrons. The third kappa shape index (κ3) is 7.49. The molecule has 0 fully saturated rings. The molecule has 12 nitrogen and oxygen atoms in total. The molecule has 0 aliphatic carbocycles.